The van der Waals surface area contributed by atoms with Crippen LogP contribution in [0.4, 0.5) is 4.79 Å². The Labute approximate surface area is 152 Å². The number of carbonyl (C=O) groups excluding carboxylic acids is 2. The number of likely N-dealkylation sites (N-methyl/N-ethyl adjacent to an activating group) is 1. The zero-order chi connectivity index (χ0) is 19.5. The van der Waals surface area contributed by atoms with E-state index in [2.05, 4.69) is 0 Å². The summed E-state index contributed by atoms with van der Waals surface area (Å²) in [5.41, 5.74) is 2.81. The van der Waals surface area contributed by atoms with Crippen LogP contribution in [0.25, 0.3) is 0 Å². The van der Waals surface area contributed by atoms with Crippen LogP contribution in [0.1, 0.15) is 37.7 Å². The van der Waals surface area contributed by atoms with Crippen molar-refractivity contribution in [1.29, 1.82) is 0 Å². The molecule has 0 heterocycles. The standard InChI is InChI=1S/C17H24N2O3.CH2O3/c1-19(17(21)14-9-5-6-10-14)15(16(20)18-22)12-11-13-7-3-2-4-8-13;2-1(3)4/h2-4,7-8,14-15,22H,5-6,9-12H2,1H3,(H,18,20);(H2,2,3,4). The van der Waals surface area contributed by atoms with Crippen LogP contribution in [-0.4, -0.2) is 51.4 Å². The van der Waals surface area contributed by atoms with Gasteiger partial charge >= 0.3 is 6.16 Å². The van der Waals surface area contributed by atoms with E-state index in [-0.39, 0.29) is 11.8 Å². The van der Waals surface area contributed by atoms with Crippen LogP contribution in [0.15, 0.2) is 30.3 Å². The minimum Gasteiger partial charge on any atom is -0.450 e. The maximum absolute atomic E-state index is 12.5. The Morgan fingerprint density at radius 1 is 1.15 bits per heavy atom. The molecule has 0 aromatic heterocycles. The molecule has 0 aliphatic heterocycles. The van der Waals surface area contributed by atoms with Crippen molar-refractivity contribution < 1.29 is 29.8 Å². The number of nitrogens with one attached hydrogen (secondary N) is 1. The number of carboxylic acid groups (broad SMARTS) is 2. The Kier molecular flexibility index (Phi) is 9.14. The smallest absolute Gasteiger partial charge is 0.450 e. The average molecular weight is 366 g/mol. The van der Waals surface area contributed by atoms with Crippen LogP contribution in [-0.2, 0) is 16.0 Å². The highest BCUT2D eigenvalue weighted by Crippen LogP contribution is 2.27. The third kappa shape index (κ3) is 7.10. The van der Waals surface area contributed by atoms with Gasteiger partial charge < -0.3 is 15.1 Å². The maximum Gasteiger partial charge on any atom is 0.503 e. The van der Waals surface area contributed by atoms with Crippen molar-refractivity contribution in [2.75, 3.05) is 7.05 Å². The summed E-state index contributed by atoms with van der Waals surface area (Å²) in [6.07, 6.45) is 3.29. The lowest BCUT2D eigenvalue weighted by Gasteiger charge is -2.28. The minimum atomic E-state index is -1.83. The van der Waals surface area contributed by atoms with Crippen molar-refractivity contribution in [2.45, 2.75) is 44.6 Å². The van der Waals surface area contributed by atoms with E-state index < -0.39 is 18.1 Å². The van der Waals surface area contributed by atoms with Crippen LogP contribution in [0, 0.1) is 5.92 Å². The first kappa shape index (κ1) is 21.4. The Balaban J connectivity index is 0.000000765. The van der Waals surface area contributed by atoms with E-state index in [1.54, 1.807) is 12.5 Å². The highest BCUT2D eigenvalue weighted by Gasteiger charge is 2.32. The van der Waals surface area contributed by atoms with Crippen LogP contribution in [0.5, 0.6) is 0 Å². The van der Waals surface area contributed by atoms with E-state index in [9.17, 15) is 9.59 Å². The zero-order valence-corrected chi connectivity index (χ0v) is 14.8. The van der Waals surface area contributed by atoms with Gasteiger partial charge in [-0.3, -0.25) is 14.8 Å². The molecule has 1 fully saturated rings. The fourth-order valence-electron chi connectivity index (χ4n) is 3.14. The van der Waals surface area contributed by atoms with Gasteiger partial charge in [0.15, 0.2) is 0 Å². The number of rotatable bonds is 6. The first-order chi connectivity index (χ1) is 12.4. The fraction of sp³-hybridized carbons (Fsp3) is 0.500. The molecule has 1 saturated carbocycles. The lowest BCUT2D eigenvalue weighted by atomic mass is 10.0. The van der Waals surface area contributed by atoms with Gasteiger partial charge in [-0.05, 0) is 31.2 Å². The SMILES string of the molecule is CN(C(=O)C1CCCC1)C(CCc1ccccc1)C(=O)NO.O=C(O)O. The second kappa shape index (κ2) is 11.1. The van der Waals surface area contributed by atoms with Gasteiger partial charge in [-0.1, -0.05) is 43.2 Å². The van der Waals surface area contributed by atoms with E-state index in [0.29, 0.717) is 12.8 Å². The third-order valence-corrected chi connectivity index (χ3v) is 4.48. The highest BCUT2D eigenvalue weighted by molar-refractivity contribution is 5.87. The van der Waals surface area contributed by atoms with Gasteiger partial charge in [0.25, 0.3) is 5.91 Å². The number of carbonyl (C=O) groups is 3. The molecule has 1 atom stereocenters. The number of hydrogen-bond acceptors (Lipinski definition) is 4. The summed E-state index contributed by atoms with van der Waals surface area (Å²) in [5, 5.41) is 22.9. The fourth-order valence-corrected chi connectivity index (χ4v) is 3.14. The maximum atomic E-state index is 12.5. The van der Waals surface area contributed by atoms with Gasteiger partial charge in [0, 0.05) is 13.0 Å². The Hall–Kier alpha value is -2.61. The second-order valence-electron chi connectivity index (χ2n) is 6.23. The molecule has 1 aliphatic rings. The third-order valence-electron chi connectivity index (χ3n) is 4.48. The number of hydrogen-bond donors (Lipinski definition) is 4. The molecular weight excluding hydrogens is 340 g/mol. The van der Waals surface area contributed by atoms with Gasteiger partial charge in [0.2, 0.25) is 5.91 Å². The van der Waals surface area contributed by atoms with Crippen molar-refractivity contribution in [1.82, 2.24) is 10.4 Å². The molecule has 4 N–H and O–H groups in total. The Morgan fingerprint density at radius 2 is 1.69 bits per heavy atom. The van der Waals surface area contributed by atoms with Crippen molar-refractivity contribution in [2.24, 2.45) is 5.92 Å². The topological polar surface area (TPSA) is 127 Å². The number of amides is 2. The minimum absolute atomic E-state index is 0.0131. The van der Waals surface area contributed by atoms with Crippen LogP contribution in [0.2, 0.25) is 0 Å². The lowest BCUT2D eigenvalue weighted by Crippen LogP contribution is -2.48. The molecule has 0 radical (unpaired) electrons. The molecule has 8 nitrogen and oxygen atoms in total. The van der Waals surface area contributed by atoms with Gasteiger partial charge in [0.1, 0.15) is 6.04 Å². The Bertz CT molecular complexity index is 583. The summed E-state index contributed by atoms with van der Waals surface area (Å²) in [4.78, 5) is 34.5. The monoisotopic (exact) mass is 366 g/mol. The first-order valence-electron chi connectivity index (χ1n) is 8.53. The van der Waals surface area contributed by atoms with Crippen molar-refractivity contribution in [3.8, 4) is 0 Å². The molecule has 2 rings (SSSR count). The Morgan fingerprint density at radius 3 is 2.19 bits per heavy atom. The van der Waals surface area contributed by atoms with Crippen LogP contribution in [0.3, 0.4) is 0 Å². The van der Waals surface area contributed by atoms with Gasteiger partial charge in [-0.25, -0.2) is 10.3 Å². The normalized spacial score (nSPS) is 14.7. The number of nitrogens with zero attached hydrogens (tertiary/aromatic N) is 1. The largest absolute Gasteiger partial charge is 0.503 e. The summed E-state index contributed by atoms with van der Waals surface area (Å²) in [6.45, 7) is 0. The predicted octanol–water partition coefficient (Wildman–Crippen LogP) is 2.36. The molecule has 8 heteroatoms. The summed E-state index contributed by atoms with van der Waals surface area (Å²) < 4.78 is 0. The van der Waals surface area contributed by atoms with Crippen molar-refractivity contribution in [3.63, 3.8) is 0 Å². The lowest BCUT2D eigenvalue weighted by molar-refractivity contribution is -0.145. The molecule has 1 aliphatic carbocycles. The van der Waals surface area contributed by atoms with E-state index in [1.165, 1.54) is 4.90 Å². The van der Waals surface area contributed by atoms with Gasteiger partial charge in [0.05, 0.1) is 0 Å². The molecule has 1 aromatic carbocycles. The predicted molar refractivity (Wildman–Crippen MR) is 93.9 cm³/mol. The molecule has 144 valence electrons. The quantitative estimate of drug-likeness (QED) is 0.452. The number of hydroxylamine groups is 1. The summed E-state index contributed by atoms with van der Waals surface area (Å²) in [5.74, 6) is -0.486. The molecular formula is C18H26N2O6. The van der Waals surface area contributed by atoms with E-state index >= 15 is 0 Å². The highest BCUT2D eigenvalue weighted by atomic mass is 16.6. The molecule has 0 bridgehead atoms. The summed E-state index contributed by atoms with van der Waals surface area (Å²) >= 11 is 0. The summed E-state index contributed by atoms with van der Waals surface area (Å²) in [7, 11) is 1.66. The average Bonchev–Trinajstić information content (AvgIpc) is 3.15. The van der Waals surface area contributed by atoms with Crippen molar-refractivity contribution >= 4 is 18.0 Å². The van der Waals surface area contributed by atoms with Crippen LogP contribution < -0.4 is 5.48 Å². The van der Waals surface area contributed by atoms with Crippen LogP contribution >= 0.6 is 0 Å². The van der Waals surface area contributed by atoms with E-state index in [1.807, 2.05) is 30.3 Å². The van der Waals surface area contributed by atoms with E-state index in [4.69, 9.17) is 20.2 Å². The first-order valence-corrected chi connectivity index (χ1v) is 8.53. The van der Waals surface area contributed by atoms with E-state index in [0.717, 1.165) is 31.2 Å². The number of benzene rings is 1. The molecule has 2 amide bonds. The van der Waals surface area contributed by atoms with Gasteiger partial charge in [-0.15, -0.1) is 0 Å². The molecule has 26 heavy (non-hydrogen) atoms. The molecule has 0 spiro atoms. The van der Waals surface area contributed by atoms with Crippen molar-refractivity contribution in [3.05, 3.63) is 35.9 Å². The zero-order valence-electron chi connectivity index (χ0n) is 14.8. The second-order valence-corrected chi connectivity index (χ2v) is 6.23. The summed E-state index contributed by atoms with van der Waals surface area (Å²) in [6, 6.07) is 9.18. The molecule has 1 aromatic rings. The number of aryl methyl sites for hydroxylation is 1. The molecule has 1 unspecified atom stereocenters. The van der Waals surface area contributed by atoms with Gasteiger partial charge in [-0.2, -0.15) is 0 Å². The molecule has 0 saturated heterocycles.